The van der Waals surface area contributed by atoms with Gasteiger partial charge in [0.15, 0.2) is 0 Å². The smallest absolute Gasteiger partial charge is 0.227 e. The molecule has 3 heterocycles. The molecule has 1 aliphatic heterocycles. The van der Waals surface area contributed by atoms with E-state index in [1.807, 2.05) is 21.7 Å². The Hall–Kier alpha value is -2.02. The number of likely N-dealkylation sites (tertiary alicyclic amines) is 1. The lowest BCUT2D eigenvalue weighted by Gasteiger charge is -2.44. The second kappa shape index (κ2) is 5.56. The number of thiophene rings is 1. The lowest BCUT2D eigenvalue weighted by Crippen LogP contribution is -2.53. The minimum Gasteiger partial charge on any atom is -0.362 e. The molecule has 2 aromatic rings. The predicted molar refractivity (Wildman–Crippen MR) is 85.7 cm³/mol. The first-order valence-electron chi connectivity index (χ1n) is 7.69. The third-order valence-corrected chi connectivity index (χ3v) is 5.67. The summed E-state index contributed by atoms with van der Waals surface area (Å²) in [5, 5.41) is 7.36. The van der Waals surface area contributed by atoms with Crippen LogP contribution < -0.4 is 5.32 Å². The van der Waals surface area contributed by atoms with E-state index in [0.717, 1.165) is 24.9 Å². The van der Waals surface area contributed by atoms with Gasteiger partial charge in [0, 0.05) is 25.1 Å². The van der Waals surface area contributed by atoms with Crippen molar-refractivity contribution in [3.63, 3.8) is 0 Å². The van der Waals surface area contributed by atoms with Crippen LogP contribution in [0, 0.1) is 11.9 Å². The molecule has 1 saturated carbocycles. The Balaban J connectivity index is 1.45. The molecule has 1 saturated heterocycles. The number of halogens is 1. The lowest BCUT2D eigenvalue weighted by atomic mass is 9.69. The average molecular weight is 332 g/mol. The van der Waals surface area contributed by atoms with Gasteiger partial charge in [-0.15, -0.1) is 0 Å². The minimum atomic E-state index is -0.543. The molecule has 1 N–H and O–H groups in total. The Labute approximate surface area is 137 Å². The topological polar surface area (TPSA) is 58.1 Å². The number of aromatic nitrogens is 2. The second-order valence-electron chi connectivity index (χ2n) is 6.33. The standard InChI is InChI=1S/C16H17FN4OS/c17-13-6-14(19-10-18-13)20-16-3-1-12(16)7-21(9-16)15(22)5-11-2-4-23-8-11/h2,4,6,8,10,12H,1,3,5,7,9H2,(H,18,19,20). The first kappa shape index (κ1) is 14.6. The molecule has 0 spiro atoms. The summed E-state index contributed by atoms with van der Waals surface area (Å²) in [5.41, 5.74) is 0.907. The van der Waals surface area contributed by atoms with Gasteiger partial charge in [-0.3, -0.25) is 4.79 Å². The van der Waals surface area contributed by atoms with Crippen LogP contribution in [0.25, 0.3) is 0 Å². The third kappa shape index (κ3) is 2.69. The molecule has 1 amide bonds. The number of carbonyl (C=O) groups is 1. The number of amides is 1. The highest BCUT2D eigenvalue weighted by atomic mass is 32.1. The Kier molecular flexibility index (Phi) is 3.52. The van der Waals surface area contributed by atoms with E-state index in [0.29, 0.717) is 24.7 Å². The summed E-state index contributed by atoms with van der Waals surface area (Å²) in [4.78, 5) is 22.0. The third-order valence-electron chi connectivity index (χ3n) is 4.93. The Morgan fingerprint density at radius 1 is 1.52 bits per heavy atom. The maximum atomic E-state index is 13.2. The summed E-state index contributed by atoms with van der Waals surface area (Å²) in [7, 11) is 0. The van der Waals surface area contributed by atoms with Gasteiger partial charge >= 0.3 is 0 Å². The maximum Gasteiger partial charge on any atom is 0.227 e. The number of fused-ring (bicyclic) bond motifs is 1. The molecule has 5 nitrogen and oxygen atoms in total. The van der Waals surface area contributed by atoms with Crippen LogP contribution in [-0.2, 0) is 11.2 Å². The highest BCUT2D eigenvalue weighted by Crippen LogP contribution is 2.46. The van der Waals surface area contributed by atoms with E-state index in [4.69, 9.17) is 0 Å². The van der Waals surface area contributed by atoms with Crippen molar-refractivity contribution in [1.29, 1.82) is 0 Å². The van der Waals surface area contributed by atoms with E-state index < -0.39 is 5.95 Å². The largest absolute Gasteiger partial charge is 0.362 e. The highest BCUT2D eigenvalue weighted by molar-refractivity contribution is 7.08. The number of nitrogens with zero attached hydrogens (tertiary/aromatic N) is 3. The van der Waals surface area contributed by atoms with Crippen molar-refractivity contribution in [2.24, 2.45) is 5.92 Å². The number of carbonyl (C=O) groups excluding carboxylic acids is 1. The first-order valence-corrected chi connectivity index (χ1v) is 8.63. The molecule has 1 aliphatic carbocycles. The van der Waals surface area contributed by atoms with Gasteiger partial charge in [-0.2, -0.15) is 15.7 Å². The zero-order valence-electron chi connectivity index (χ0n) is 12.5. The molecule has 4 rings (SSSR count). The second-order valence-corrected chi connectivity index (χ2v) is 7.11. The molecule has 2 aliphatic rings. The monoisotopic (exact) mass is 332 g/mol. The first-order chi connectivity index (χ1) is 11.1. The van der Waals surface area contributed by atoms with Crippen molar-refractivity contribution >= 4 is 23.1 Å². The normalized spacial score (nSPS) is 25.8. The molecule has 2 atom stereocenters. The summed E-state index contributed by atoms with van der Waals surface area (Å²) >= 11 is 1.61. The van der Waals surface area contributed by atoms with E-state index in [1.54, 1.807) is 11.3 Å². The quantitative estimate of drug-likeness (QED) is 0.873. The SMILES string of the molecule is O=C(Cc1ccsc1)N1CC2CCC2(Nc2cc(F)ncn2)C1. The number of hydrogen-bond acceptors (Lipinski definition) is 5. The fourth-order valence-electron chi connectivity index (χ4n) is 3.57. The number of nitrogens with one attached hydrogen (secondary N) is 1. The van der Waals surface area contributed by atoms with Gasteiger partial charge in [0.2, 0.25) is 11.9 Å². The fourth-order valence-corrected chi connectivity index (χ4v) is 4.24. The summed E-state index contributed by atoms with van der Waals surface area (Å²) in [6.45, 7) is 1.43. The highest BCUT2D eigenvalue weighted by Gasteiger charge is 2.54. The van der Waals surface area contributed by atoms with Crippen molar-refractivity contribution in [3.8, 4) is 0 Å². The van der Waals surface area contributed by atoms with Crippen LogP contribution in [-0.4, -0.2) is 39.4 Å². The van der Waals surface area contributed by atoms with Crippen molar-refractivity contribution < 1.29 is 9.18 Å². The predicted octanol–water partition coefficient (Wildman–Crippen LogP) is 2.32. The molecule has 23 heavy (non-hydrogen) atoms. The van der Waals surface area contributed by atoms with Crippen molar-refractivity contribution in [3.05, 3.63) is 40.7 Å². The molecule has 2 unspecified atom stereocenters. The number of anilines is 1. The zero-order valence-corrected chi connectivity index (χ0v) is 13.4. The van der Waals surface area contributed by atoms with E-state index in [9.17, 15) is 9.18 Å². The van der Waals surface area contributed by atoms with Crippen molar-refractivity contribution in [2.75, 3.05) is 18.4 Å². The van der Waals surface area contributed by atoms with Gasteiger partial charge in [0.25, 0.3) is 0 Å². The number of hydrogen-bond donors (Lipinski definition) is 1. The lowest BCUT2D eigenvalue weighted by molar-refractivity contribution is -0.129. The van der Waals surface area contributed by atoms with Gasteiger partial charge in [0.1, 0.15) is 12.1 Å². The molecule has 0 bridgehead atoms. The van der Waals surface area contributed by atoms with Crippen LogP contribution in [0.5, 0.6) is 0 Å². The summed E-state index contributed by atoms with van der Waals surface area (Å²) in [5.74, 6) is 0.521. The average Bonchev–Trinajstić information content (AvgIpc) is 3.09. The van der Waals surface area contributed by atoms with Gasteiger partial charge in [-0.1, -0.05) is 0 Å². The molecule has 2 aromatic heterocycles. The van der Waals surface area contributed by atoms with Crippen LogP contribution >= 0.6 is 11.3 Å². The van der Waals surface area contributed by atoms with E-state index in [2.05, 4.69) is 15.3 Å². The van der Waals surface area contributed by atoms with Crippen molar-refractivity contribution in [1.82, 2.24) is 14.9 Å². The molecule has 7 heteroatoms. The molecule has 120 valence electrons. The van der Waals surface area contributed by atoms with Gasteiger partial charge in [-0.05, 0) is 35.2 Å². The Morgan fingerprint density at radius 3 is 3.13 bits per heavy atom. The van der Waals surface area contributed by atoms with Crippen molar-refractivity contribution in [2.45, 2.75) is 24.8 Å². The zero-order chi connectivity index (χ0) is 15.9. The summed E-state index contributed by atoms with van der Waals surface area (Å²) in [6.07, 6.45) is 3.74. The molecule has 2 fully saturated rings. The van der Waals surface area contributed by atoms with Crippen LogP contribution in [0.1, 0.15) is 18.4 Å². The Morgan fingerprint density at radius 2 is 2.43 bits per heavy atom. The van der Waals surface area contributed by atoms with Crippen LogP contribution in [0.4, 0.5) is 10.2 Å². The van der Waals surface area contributed by atoms with E-state index >= 15 is 0 Å². The van der Waals surface area contributed by atoms with E-state index in [-0.39, 0.29) is 11.4 Å². The summed E-state index contributed by atoms with van der Waals surface area (Å²) in [6, 6.07) is 3.30. The van der Waals surface area contributed by atoms with Gasteiger partial charge in [-0.25, -0.2) is 9.97 Å². The molecular formula is C16H17FN4OS. The molecular weight excluding hydrogens is 315 g/mol. The summed E-state index contributed by atoms with van der Waals surface area (Å²) < 4.78 is 13.2. The van der Waals surface area contributed by atoms with Crippen LogP contribution in [0.2, 0.25) is 0 Å². The van der Waals surface area contributed by atoms with E-state index in [1.165, 1.54) is 12.4 Å². The number of rotatable bonds is 4. The Bertz CT molecular complexity index is 723. The molecule has 0 radical (unpaired) electrons. The van der Waals surface area contributed by atoms with Gasteiger partial charge in [0.05, 0.1) is 12.0 Å². The van der Waals surface area contributed by atoms with Crippen LogP contribution in [0.3, 0.4) is 0 Å². The minimum absolute atomic E-state index is 0.160. The fraction of sp³-hybridized carbons (Fsp3) is 0.438. The van der Waals surface area contributed by atoms with Gasteiger partial charge < -0.3 is 10.2 Å². The maximum absolute atomic E-state index is 13.2. The van der Waals surface area contributed by atoms with Crippen LogP contribution in [0.15, 0.2) is 29.2 Å². The molecule has 0 aromatic carbocycles.